The molecule has 0 radical (unpaired) electrons. The van der Waals surface area contributed by atoms with E-state index in [-0.39, 0.29) is 22.3 Å². The third-order valence-corrected chi connectivity index (χ3v) is 3.25. The lowest BCUT2D eigenvalue weighted by Crippen LogP contribution is -2.22. The fourth-order valence-electron chi connectivity index (χ4n) is 0. The van der Waals surface area contributed by atoms with Gasteiger partial charge in [-0.15, -0.1) is 0 Å². The number of rotatable bonds is 2. The molecule has 0 rings (SSSR count). The minimum absolute atomic E-state index is 0. The molecule has 0 heterocycles. The maximum absolute atomic E-state index is 5.08. The molecule has 0 aromatic carbocycles. The molecule has 2 nitrogen and oxygen atoms in total. The smallest absolute Gasteiger partial charge is 0.183 e. The van der Waals surface area contributed by atoms with Crippen LogP contribution in [-0.2, 0) is 8.85 Å². The van der Waals surface area contributed by atoms with E-state index in [9.17, 15) is 0 Å². The third kappa shape index (κ3) is 55.6. The second-order valence-corrected chi connectivity index (χ2v) is 10.8. The zero-order valence-electron chi connectivity index (χ0n) is 8.89. The Hall–Kier alpha value is 0.354. The molecule has 4 heteroatoms. The van der Waals surface area contributed by atoms with E-state index >= 15 is 0 Å². The van der Waals surface area contributed by atoms with Crippen LogP contribution in [0, 0.1) is 0 Å². The molecule has 94 valence electrons. The first-order valence-corrected chi connectivity index (χ1v) is 10.1. The van der Waals surface area contributed by atoms with E-state index in [2.05, 4.69) is 32.7 Å². The maximum atomic E-state index is 5.08. The molecule has 0 aromatic rings. The van der Waals surface area contributed by atoms with Crippen LogP contribution in [0.15, 0.2) is 0 Å². The van der Waals surface area contributed by atoms with E-state index in [1.165, 1.54) is 0 Å². The highest BCUT2D eigenvalue weighted by molar-refractivity contribution is 6.69. The lowest BCUT2D eigenvalue weighted by molar-refractivity contribution is 0.411. The quantitative estimate of drug-likeness (QED) is 0.682. The van der Waals surface area contributed by atoms with Crippen LogP contribution in [0.2, 0.25) is 32.7 Å². The molecule has 0 spiro atoms. The predicted molar refractivity (Wildman–Crippen MR) is 76.4 cm³/mol. The first-order chi connectivity index (χ1) is 4.83. The monoisotopic (exact) mass is 242 g/mol. The van der Waals surface area contributed by atoms with Gasteiger partial charge < -0.3 is 8.85 Å². The summed E-state index contributed by atoms with van der Waals surface area (Å²) in [6, 6.07) is 0. The van der Waals surface area contributed by atoms with Crippen molar-refractivity contribution in [3.8, 4) is 0 Å². The van der Waals surface area contributed by atoms with Crippen molar-refractivity contribution in [2.75, 3.05) is 14.2 Å². The molecule has 0 saturated heterocycles. The molecule has 0 N–H and O–H groups in total. The Morgan fingerprint density at radius 3 is 1.00 bits per heavy atom. The second-order valence-electron chi connectivity index (χ2n) is 3.60. The zero-order valence-corrected chi connectivity index (χ0v) is 11.0. The molecular formula is C10H34O2Si2. The van der Waals surface area contributed by atoms with Gasteiger partial charge in [-0.25, -0.2) is 0 Å². The Kier molecular flexibility index (Phi) is 33.0. The van der Waals surface area contributed by atoms with E-state index in [0.29, 0.717) is 0 Å². The van der Waals surface area contributed by atoms with Crippen molar-refractivity contribution in [1.29, 1.82) is 0 Å². The summed E-state index contributed by atoms with van der Waals surface area (Å²) in [5, 5.41) is 0. The summed E-state index contributed by atoms with van der Waals surface area (Å²) in [4.78, 5) is 0. The van der Waals surface area contributed by atoms with Crippen LogP contribution in [-0.4, -0.2) is 31.6 Å². The van der Waals surface area contributed by atoms with Gasteiger partial charge in [0.2, 0.25) is 0 Å². The van der Waals surface area contributed by atoms with Crippen LogP contribution in [0.5, 0.6) is 0 Å². The normalized spacial score (nSPS) is 8.57. The fraction of sp³-hybridized carbons (Fsp3) is 1.00. The summed E-state index contributed by atoms with van der Waals surface area (Å²) in [6.07, 6.45) is 0. The van der Waals surface area contributed by atoms with Crippen molar-refractivity contribution in [3.05, 3.63) is 0 Å². The molecule has 0 aromatic heterocycles. The molecule has 0 saturated carbocycles. The zero-order chi connectivity index (χ0) is 9.49. The molecule has 0 atom stereocenters. The summed E-state index contributed by atoms with van der Waals surface area (Å²) in [5.41, 5.74) is 0. The minimum atomic E-state index is -1.13. The Bertz CT molecular complexity index is 80.7. The van der Waals surface area contributed by atoms with Gasteiger partial charge in [-0.05, 0) is 32.7 Å². The van der Waals surface area contributed by atoms with Crippen LogP contribution >= 0.6 is 0 Å². The molecule has 0 fully saturated rings. The highest BCUT2D eigenvalue weighted by atomic mass is 28.4. The molecule has 0 aliphatic heterocycles. The summed E-state index contributed by atoms with van der Waals surface area (Å²) in [6.45, 7) is 10.8. The van der Waals surface area contributed by atoms with E-state index in [4.69, 9.17) is 8.85 Å². The highest BCUT2D eigenvalue weighted by Crippen LogP contribution is 1.97. The van der Waals surface area contributed by atoms with Crippen LogP contribution in [0.4, 0.5) is 0 Å². The van der Waals surface area contributed by atoms with E-state index in [0.717, 1.165) is 0 Å². The van der Waals surface area contributed by atoms with E-state index in [1.807, 2.05) is 0 Å². The van der Waals surface area contributed by atoms with Gasteiger partial charge >= 0.3 is 0 Å². The van der Waals surface area contributed by atoms with Gasteiger partial charge in [-0.3, -0.25) is 0 Å². The van der Waals surface area contributed by atoms with Crippen LogP contribution in [0.1, 0.15) is 22.3 Å². The van der Waals surface area contributed by atoms with Crippen LogP contribution in [0.3, 0.4) is 0 Å². The van der Waals surface area contributed by atoms with Crippen molar-refractivity contribution in [2.45, 2.75) is 55.0 Å². The van der Waals surface area contributed by atoms with Gasteiger partial charge in [0.15, 0.2) is 17.4 Å². The Labute approximate surface area is 95.9 Å². The minimum Gasteiger partial charge on any atom is -0.424 e. The molecule has 14 heavy (non-hydrogen) atoms. The van der Waals surface area contributed by atoms with Gasteiger partial charge in [0.25, 0.3) is 0 Å². The van der Waals surface area contributed by atoms with Crippen molar-refractivity contribution >= 4 is 17.4 Å². The highest BCUT2D eigenvalue weighted by Gasteiger charge is 2.09. The molecule has 0 aliphatic rings. The van der Waals surface area contributed by atoms with Gasteiger partial charge in [-0.1, -0.05) is 22.3 Å². The first kappa shape index (κ1) is 29.3. The topological polar surface area (TPSA) is 18.5 Å². The molecule has 0 unspecified atom stereocenters. The second kappa shape index (κ2) is 15.8. The van der Waals surface area contributed by atoms with Gasteiger partial charge in [-0.2, -0.15) is 0 Å². The van der Waals surface area contributed by atoms with Crippen LogP contribution < -0.4 is 0 Å². The Morgan fingerprint density at radius 1 is 0.857 bits per heavy atom. The summed E-state index contributed by atoms with van der Waals surface area (Å²) in [7, 11) is 1.75. The first-order valence-electron chi connectivity index (χ1n) is 3.91. The van der Waals surface area contributed by atoms with Gasteiger partial charge in [0, 0.05) is 14.2 Å². The lowest BCUT2D eigenvalue weighted by Gasteiger charge is -2.10. The van der Waals surface area contributed by atoms with Crippen molar-refractivity contribution in [1.82, 2.24) is 0 Å². The summed E-state index contributed by atoms with van der Waals surface area (Å²) in [5.74, 6) is 0. The molecule has 0 aliphatic carbocycles. The third-order valence-electron chi connectivity index (χ3n) is 1.08. The molecule has 0 amide bonds. The summed E-state index contributed by atoms with van der Waals surface area (Å²) >= 11 is 0. The predicted octanol–water partition coefficient (Wildman–Crippen LogP) is 3.99. The van der Waals surface area contributed by atoms with E-state index in [1.54, 1.807) is 14.2 Å². The fourth-order valence-corrected chi connectivity index (χ4v) is 0. The number of hydrogen-bond donors (Lipinski definition) is 0. The molecular weight excluding hydrogens is 208 g/mol. The van der Waals surface area contributed by atoms with Gasteiger partial charge in [0.05, 0.1) is 0 Å². The van der Waals surface area contributed by atoms with Crippen molar-refractivity contribution in [3.63, 3.8) is 0 Å². The Balaban J connectivity index is -0.0000000321. The largest absolute Gasteiger partial charge is 0.424 e. The lowest BCUT2D eigenvalue weighted by atomic mass is 11.8. The SMILES string of the molecule is C.C.C.CO[SiH](C)C.CO[Si](C)(C)C. The van der Waals surface area contributed by atoms with Crippen LogP contribution in [0.25, 0.3) is 0 Å². The molecule has 0 bridgehead atoms. The van der Waals surface area contributed by atoms with Gasteiger partial charge in [0.1, 0.15) is 0 Å². The Morgan fingerprint density at radius 2 is 1.00 bits per heavy atom. The average Bonchev–Trinajstić information content (AvgIpc) is 1.88. The maximum Gasteiger partial charge on any atom is 0.183 e. The van der Waals surface area contributed by atoms with Crippen molar-refractivity contribution < 1.29 is 8.85 Å². The van der Waals surface area contributed by atoms with Crippen molar-refractivity contribution in [2.24, 2.45) is 0 Å². The summed E-state index contributed by atoms with van der Waals surface area (Å²) < 4.78 is 9.97. The average molecular weight is 243 g/mol. The standard InChI is InChI=1S/C4H12OSi.C3H10OSi.3CH4/c1-5-6(2,3)4;1-4-5(2)3;;;/h1-4H3;5H,1-3H3;3*1H4. The van der Waals surface area contributed by atoms with E-state index < -0.39 is 17.4 Å². The number of hydrogen-bond acceptors (Lipinski definition) is 2.